The third-order valence-corrected chi connectivity index (χ3v) is 3.51. The maximum absolute atomic E-state index is 13.7. The number of carbonyl (C=O) groups is 1. The van der Waals surface area contributed by atoms with Gasteiger partial charge in [0.1, 0.15) is 5.82 Å². The number of hydrogen-bond donors (Lipinski definition) is 2. The summed E-state index contributed by atoms with van der Waals surface area (Å²) in [5, 5.41) is 2.74. The standard InChI is InChI=1S/C15H19FN2OS/c1-11(10-20-2)9-18-15(19)13-8-12(4-3-7-17)5-6-14(13)16/h5-6,8,11H,7,9-10,17H2,1-2H3,(H,18,19). The minimum absolute atomic E-state index is 0.0187. The van der Waals surface area contributed by atoms with Crippen LogP contribution in [0.2, 0.25) is 0 Å². The third-order valence-electron chi connectivity index (χ3n) is 2.61. The van der Waals surface area contributed by atoms with Gasteiger partial charge in [0.15, 0.2) is 0 Å². The van der Waals surface area contributed by atoms with Gasteiger partial charge in [-0.25, -0.2) is 4.39 Å². The molecular weight excluding hydrogens is 275 g/mol. The van der Waals surface area contributed by atoms with Crippen molar-refractivity contribution in [2.75, 3.05) is 25.1 Å². The molecule has 0 saturated heterocycles. The fourth-order valence-corrected chi connectivity index (χ4v) is 2.32. The van der Waals surface area contributed by atoms with E-state index >= 15 is 0 Å². The Morgan fingerprint density at radius 2 is 2.30 bits per heavy atom. The number of nitrogens with one attached hydrogen (secondary N) is 1. The van der Waals surface area contributed by atoms with E-state index in [9.17, 15) is 9.18 Å². The lowest BCUT2D eigenvalue weighted by atomic mass is 10.1. The Morgan fingerprint density at radius 3 is 2.95 bits per heavy atom. The maximum Gasteiger partial charge on any atom is 0.254 e. The maximum atomic E-state index is 13.7. The number of thioether (sulfide) groups is 1. The van der Waals surface area contributed by atoms with Gasteiger partial charge in [-0.15, -0.1) is 0 Å². The second kappa shape index (κ2) is 8.62. The van der Waals surface area contributed by atoms with E-state index in [1.165, 1.54) is 18.2 Å². The zero-order chi connectivity index (χ0) is 15.0. The lowest BCUT2D eigenvalue weighted by Crippen LogP contribution is -2.29. The van der Waals surface area contributed by atoms with Gasteiger partial charge in [0, 0.05) is 12.1 Å². The third kappa shape index (κ3) is 5.24. The fraction of sp³-hybridized carbons (Fsp3) is 0.400. The molecule has 108 valence electrons. The minimum atomic E-state index is -0.543. The molecule has 1 aromatic rings. The molecule has 1 rings (SSSR count). The molecule has 0 saturated carbocycles. The number of halogens is 1. The molecule has 0 aromatic heterocycles. The van der Waals surface area contributed by atoms with Crippen LogP contribution in [0.4, 0.5) is 4.39 Å². The first-order valence-corrected chi connectivity index (χ1v) is 7.73. The Balaban J connectivity index is 2.76. The zero-order valence-electron chi connectivity index (χ0n) is 11.7. The van der Waals surface area contributed by atoms with Gasteiger partial charge in [-0.3, -0.25) is 4.79 Å². The van der Waals surface area contributed by atoms with E-state index < -0.39 is 11.7 Å². The molecular formula is C15H19FN2OS. The van der Waals surface area contributed by atoms with Gasteiger partial charge in [-0.05, 0) is 36.1 Å². The molecule has 5 heteroatoms. The summed E-state index contributed by atoms with van der Waals surface area (Å²) in [4.78, 5) is 12.0. The highest BCUT2D eigenvalue weighted by molar-refractivity contribution is 7.98. The molecule has 0 spiro atoms. The van der Waals surface area contributed by atoms with E-state index in [1.807, 2.05) is 13.2 Å². The first-order chi connectivity index (χ1) is 9.58. The van der Waals surface area contributed by atoms with Crippen LogP contribution in [0.1, 0.15) is 22.8 Å². The molecule has 1 amide bonds. The van der Waals surface area contributed by atoms with Crippen LogP contribution in [0.5, 0.6) is 0 Å². The smallest absolute Gasteiger partial charge is 0.254 e. The topological polar surface area (TPSA) is 55.1 Å². The lowest BCUT2D eigenvalue weighted by molar-refractivity contribution is 0.0945. The molecule has 3 nitrogen and oxygen atoms in total. The van der Waals surface area contributed by atoms with Crippen molar-refractivity contribution < 1.29 is 9.18 Å². The summed E-state index contributed by atoms with van der Waals surface area (Å²) in [5.74, 6) is 5.81. The Morgan fingerprint density at radius 1 is 1.55 bits per heavy atom. The van der Waals surface area contributed by atoms with Crippen molar-refractivity contribution in [3.8, 4) is 11.8 Å². The molecule has 0 radical (unpaired) electrons. The number of rotatable bonds is 5. The van der Waals surface area contributed by atoms with Gasteiger partial charge in [-0.1, -0.05) is 18.8 Å². The number of nitrogens with two attached hydrogens (primary N) is 1. The van der Waals surface area contributed by atoms with Crippen molar-refractivity contribution in [3.63, 3.8) is 0 Å². The van der Waals surface area contributed by atoms with E-state index in [2.05, 4.69) is 17.2 Å². The Labute approximate surface area is 123 Å². The van der Waals surface area contributed by atoms with Crippen LogP contribution >= 0.6 is 11.8 Å². The first kappa shape index (κ1) is 16.5. The predicted molar refractivity (Wildman–Crippen MR) is 82.2 cm³/mol. The van der Waals surface area contributed by atoms with Crippen molar-refractivity contribution >= 4 is 17.7 Å². The molecule has 0 bridgehead atoms. The summed E-state index contributed by atoms with van der Waals surface area (Å²) in [5.41, 5.74) is 5.89. The number of hydrogen-bond acceptors (Lipinski definition) is 3. The lowest BCUT2D eigenvalue weighted by Gasteiger charge is -2.11. The predicted octanol–water partition coefficient (Wildman–Crippen LogP) is 1.86. The van der Waals surface area contributed by atoms with E-state index in [4.69, 9.17) is 5.73 Å². The van der Waals surface area contributed by atoms with Crippen molar-refractivity contribution in [3.05, 3.63) is 35.1 Å². The zero-order valence-corrected chi connectivity index (χ0v) is 12.5. The summed E-state index contributed by atoms with van der Waals surface area (Å²) in [6, 6.07) is 4.23. The quantitative estimate of drug-likeness (QED) is 0.815. The van der Waals surface area contributed by atoms with Crippen LogP contribution in [0.15, 0.2) is 18.2 Å². The van der Waals surface area contributed by atoms with Crippen LogP contribution in [0, 0.1) is 23.6 Å². The van der Waals surface area contributed by atoms with Crippen molar-refractivity contribution in [2.24, 2.45) is 11.7 Å². The highest BCUT2D eigenvalue weighted by Gasteiger charge is 2.13. The summed E-state index contributed by atoms with van der Waals surface area (Å²) in [7, 11) is 0. The number of carbonyl (C=O) groups excluding carboxylic acids is 1. The van der Waals surface area contributed by atoms with Crippen LogP contribution in [0.25, 0.3) is 0 Å². The first-order valence-electron chi connectivity index (χ1n) is 6.34. The summed E-state index contributed by atoms with van der Waals surface area (Å²) in [6.45, 7) is 2.79. The van der Waals surface area contributed by atoms with E-state index in [1.54, 1.807) is 11.8 Å². The molecule has 1 aromatic carbocycles. The van der Waals surface area contributed by atoms with Crippen LogP contribution in [-0.4, -0.2) is 31.0 Å². The van der Waals surface area contributed by atoms with Crippen molar-refractivity contribution in [2.45, 2.75) is 6.92 Å². The average Bonchev–Trinajstić information content (AvgIpc) is 2.44. The summed E-state index contributed by atoms with van der Waals surface area (Å²) in [6.07, 6.45) is 2.01. The second-order valence-corrected chi connectivity index (χ2v) is 5.38. The molecule has 0 fully saturated rings. The molecule has 3 N–H and O–H groups in total. The van der Waals surface area contributed by atoms with Gasteiger partial charge in [0.05, 0.1) is 12.1 Å². The Bertz CT molecular complexity index is 522. The second-order valence-electron chi connectivity index (χ2n) is 4.47. The molecule has 0 aliphatic heterocycles. The Hall–Kier alpha value is -1.51. The van der Waals surface area contributed by atoms with Crippen molar-refractivity contribution in [1.29, 1.82) is 0 Å². The molecule has 20 heavy (non-hydrogen) atoms. The van der Waals surface area contributed by atoms with Crippen molar-refractivity contribution in [1.82, 2.24) is 5.32 Å². The number of benzene rings is 1. The molecule has 0 aliphatic carbocycles. The van der Waals surface area contributed by atoms with Gasteiger partial charge in [0.25, 0.3) is 5.91 Å². The van der Waals surface area contributed by atoms with Gasteiger partial charge < -0.3 is 11.1 Å². The van der Waals surface area contributed by atoms with Gasteiger partial charge in [0.2, 0.25) is 0 Å². The van der Waals surface area contributed by atoms with E-state index in [0.717, 1.165) is 5.75 Å². The largest absolute Gasteiger partial charge is 0.352 e. The monoisotopic (exact) mass is 294 g/mol. The average molecular weight is 294 g/mol. The molecule has 0 aliphatic rings. The minimum Gasteiger partial charge on any atom is -0.352 e. The van der Waals surface area contributed by atoms with E-state index in [0.29, 0.717) is 18.0 Å². The highest BCUT2D eigenvalue weighted by Crippen LogP contribution is 2.10. The number of amides is 1. The van der Waals surface area contributed by atoms with Crippen LogP contribution in [-0.2, 0) is 0 Å². The molecule has 1 atom stereocenters. The Kier molecular flexibility index (Phi) is 7.13. The molecule has 0 heterocycles. The van der Waals surface area contributed by atoms with E-state index in [-0.39, 0.29) is 12.1 Å². The SMILES string of the molecule is CSCC(C)CNC(=O)c1cc(C#CCN)ccc1F. The van der Waals surface area contributed by atoms with Gasteiger partial charge in [-0.2, -0.15) is 11.8 Å². The van der Waals surface area contributed by atoms with Gasteiger partial charge >= 0.3 is 0 Å². The van der Waals surface area contributed by atoms with Crippen LogP contribution < -0.4 is 11.1 Å². The highest BCUT2D eigenvalue weighted by atomic mass is 32.2. The summed E-state index contributed by atoms with van der Waals surface area (Å²) < 4.78 is 13.7. The molecule has 1 unspecified atom stereocenters. The normalized spacial score (nSPS) is 11.4. The fourth-order valence-electron chi connectivity index (χ4n) is 1.64. The summed E-state index contributed by atoms with van der Waals surface area (Å²) >= 11 is 1.72. The van der Waals surface area contributed by atoms with Crippen LogP contribution in [0.3, 0.4) is 0 Å².